The lowest BCUT2D eigenvalue weighted by Crippen LogP contribution is -2.42. The fraction of sp³-hybridized carbons (Fsp3) is 0.556. The summed E-state index contributed by atoms with van der Waals surface area (Å²) >= 11 is 0. The molecule has 6 nitrogen and oxygen atoms in total. The molecule has 0 saturated heterocycles. The topological polar surface area (TPSA) is 84.9 Å². The Labute approximate surface area is 141 Å². The number of hydrogen-bond donors (Lipinski definition) is 2. The Morgan fingerprint density at radius 2 is 2.04 bits per heavy atom. The minimum absolute atomic E-state index is 0.0467. The number of carbonyl (C=O) groups is 2. The fourth-order valence-corrected chi connectivity index (χ4v) is 3.14. The number of amides is 1. The van der Waals surface area contributed by atoms with Gasteiger partial charge in [0.2, 0.25) is 5.91 Å². The molecule has 0 spiro atoms. The van der Waals surface area contributed by atoms with Crippen molar-refractivity contribution in [1.29, 1.82) is 0 Å². The normalized spacial score (nSPS) is 23.2. The molecule has 3 atom stereocenters. The lowest BCUT2D eigenvalue weighted by Gasteiger charge is -2.14. The first kappa shape index (κ1) is 16.6. The largest absolute Gasteiger partial charge is 0.497 e. The van der Waals surface area contributed by atoms with Gasteiger partial charge in [-0.15, -0.1) is 0 Å². The van der Waals surface area contributed by atoms with E-state index in [2.05, 4.69) is 5.32 Å². The highest BCUT2D eigenvalue weighted by atomic mass is 16.5. The molecule has 3 rings (SSSR count). The number of carboxylic acids is 1. The van der Waals surface area contributed by atoms with Crippen LogP contribution in [-0.2, 0) is 9.59 Å². The van der Waals surface area contributed by atoms with Crippen LogP contribution in [0.2, 0.25) is 0 Å². The summed E-state index contributed by atoms with van der Waals surface area (Å²) in [5, 5.41) is 12.0. The Balaban J connectivity index is 1.65. The van der Waals surface area contributed by atoms with Crippen LogP contribution < -0.4 is 14.8 Å². The van der Waals surface area contributed by atoms with Crippen molar-refractivity contribution in [2.45, 2.75) is 37.6 Å². The molecule has 3 unspecified atom stereocenters. The van der Waals surface area contributed by atoms with E-state index in [9.17, 15) is 14.7 Å². The van der Waals surface area contributed by atoms with E-state index in [0.29, 0.717) is 24.5 Å². The van der Waals surface area contributed by atoms with Gasteiger partial charge in [-0.1, -0.05) is 12.8 Å². The van der Waals surface area contributed by atoms with E-state index in [-0.39, 0.29) is 17.7 Å². The number of aliphatic carboxylic acids is 1. The predicted octanol–water partition coefficient (Wildman–Crippen LogP) is 2.18. The Morgan fingerprint density at radius 1 is 1.29 bits per heavy atom. The van der Waals surface area contributed by atoms with Crippen molar-refractivity contribution >= 4 is 11.9 Å². The van der Waals surface area contributed by atoms with Gasteiger partial charge in [0.1, 0.15) is 17.5 Å². The lowest BCUT2D eigenvalue weighted by molar-refractivity contribution is -0.142. The zero-order valence-electron chi connectivity index (χ0n) is 14.0. The van der Waals surface area contributed by atoms with Gasteiger partial charge in [-0.2, -0.15) is 0 Å². The Kier molecular flexibility index (Phi) is 4.64. The summed E-state index contributed by atoms with van der Waals surface area (Å²) in [7, 11) is 3.19. The molecule has 0 aliphatic heterocycles. The van der Waals surface area contributed by atoms with Gasteiger partial charge in [-0.05, 0) is 37.0 Å². The molecule has 1 aromatic carbocycles. The second-order valence-electron chi connectivity index (χ2n) is 6.64. The first-order chi connectivity index (χ1) is 11.5. The number of nitrogens with one attached hydrogen (secondary N) is 1. The van der Waals surface area contributed by atoms with E-state index in [0.717, 1.165) is 24.2 Å². The van der Waals surface area contributed by atoms with E-state index >= 15 is 0 Å². The molecule has 2 aliphatic rings. The van der Waals surface area contributed by atoms with E-state index in [1.54, 1.807) is 14.2 Å². The molecule has 2 fully saturated rings. The highest BCUT2D eigenvalue weighted by Gasteiger charge is 2.46. The summed E-state index contributed by atoms with van der Waals surface area (Å²) in [6, 6.07) is 4.75. The van der Waals surface area contributed by atoms with Crippen molar-refractivity contribution in [3.63, 3.8) is 0 Å². The number of ether oxygens (including phenoxy) is 2. The summed E-state index contributed by atoms with van der Waals surface area (Å²) in [6.07, 6.45) is 3.35. The van der Waals surface area contributed by atoms with Gasteiger partial charge in [0.25, 0.3) is 0 Å². The van der Waals surface area contributed by atoms with Crippen LogP contribution in [0.5, 0.6) is 11.5 Å². The fourth-order valence-electron chi connectivity index (χ4n) is 3.14. The van der Waals surface area contributed by atoms with Crippen LogP contribution >= 0.6 is 0 Å². The predicted molar refractivity (Wildman–Crippen MR) is 87.3 cm³/mol. The summed E-state index contributed by atoms with van der Waals surface area (Å²) < 4.78 is 10.6. The van der Waals surface area contributed by atoms with Crippen molar-refractivity contribution in [2.75, 3.05) is 14.2 Å². The molecular weight excluding hydrogens is 310 g/mol. The molecule has 1 amide bonds. The number of benzene rings is 1. The van der Waals surface area contributed by atoms with Crippen LogP contribution in [0, 0.1) is 11.8 Å². The average Bonchev–Trinajstić information content (AvgIpc) is 3.46. The second-order valence-corrected chi connectivity index (χ2v) is 6.64. The van der Waals surface area contributed by atoms with Crippen LogP contribution in [-0.4, -0.2) is 37.2 Å². The third-order valence-corrected chi connectivity index (χ3v) is 4.84. The minimum atomic E-state index is -0.952. The van der Waals surface area contributed by atoms with E-state index in [1.807, 2.05) is 18.2 Å². The van der Waals surface area contributed by atoms with Gasteiger partial charge < -0.3 is 19.9 Å². The lowest BCUT2D eigenvalue weighted by atomic mass is 10.1. The van der Waals surface area contributed by atoms with E-state index < -0.39 is 12.0 Å². The van der Waals surface area contributed by atoms with Gasteiger partial charge in [-0.3, -0.25) is 4.79 Å². The number of carboxylic acid groups (broad SMARTS) is 1. The van der Waals surface area contributed by atoms with Gasteiger partial charge >= 0.3 is 5.97 Å². The van der Waals surface area contributed by atoms with Gasteiger partial charge in [-0.25, -0.2) is 4.79 Å². The minimum Gasteiger partial charge on any atom is -0.497 e. The first-order valence-corrected chi connectivity index (χ1v) is 8.28. The second kappa shape index (κ2) is 6.71. The summed E-state index contributed by atoms with van der Waals surface area (Å²) in [6.45, 7) is 0. The number of rotatable bonds is 8. The quantitative estimate of drug-likeness (QED) is 0.762. The number of methoxy groups -OCH3 is 2. The zero-order chi connectivity index (χ0) is 17.3. The monoisotopic (exact) mass is 333 g/mol. The molecule has 0 bridgehead atoms. The molecule has 0 radical (unpaired) electrons. The smallest absolute Gasteiger partial charge is 0.326 e. The summed E-state index contributed by atoms with van der Waals surface area (Å²) in [5.74, 6) is 0.597. The van der Waals surface area contributed by atoms with Crippen molar-refractivity contribution in [1.82, 2.24) is 5.32 Å². The molecule has 2 N–H and O–H groups in total. The first-order valence-electron chi connectivity index (χ1n) is 8.28. The molecule has 130 valence electrons. The van der Waals surface area contributed by atoms with E-state index in [1.165, 1.54) is 0 Å². The maximum Gasteiger partial charge on any atom is 0.326 e. The summed E-state index contributed by atoms with van der Waals surface area (Å²) in [5.41, 5.74) is 0.936. The zero-order valence-corrected chi connectivity index (χ0v) is 14.0. The third-order valence-electron chi connectivity index (χ3n) is 4.84. The SMILES string of the molecule is COc1ccc(OC)c(C2CC2C(=O)NC(CC2CC2)C(=O)O)c1. The van der Waals surface area contributed by atoms with Crippen LogP contribution in [0.1, 0.15) is 37.2 Å². The van der Waals surface area contributed by atoms with Crippen LogP contribution in [0.15, 0.2) is 18.2 Å². The van der Waals surface area contributed by atoms with Gasteiger partial charge in [0.15, 0.2) is 0 Å². The maximum absolute atomic E-state index is 12.4. The highest BCUT2D eigenvalue weighted by Crippen LogP contribution is 2.51. The standard InChI is InChI=1S/C18H23NO5/c1-23-11-5-6-16(24-2)13(8-11)12-9-14(12)17(20)19-15(18(21)22)7-10-3-4-10/h5-6,8,10,12,14-15H,3-4,7,9H2,1-2H3,(H,19,20)(H,21,22). The highest BCUT2D eigenvalue weighted by molar-refractivity contribution is 5.87. The third kappa shape index (κ3) is 3.63. The molecule has 0 heterocycles. The molecule has 6 heteroatoms. The van der Waals surface area contributed by atoms with Crippen molar-refractivity contribution < 1.29 is 24.2 Å². The van der Waals surface area contributed by atoms with E-state index in [4.69, 9.17) is 9.47 Å². The molecular formula is C18H23NO5. The average molecular weight is 333 g/mol. The number of carbonyl (C=O) groups excluding carboxylic acids is 1. The molecule has 24 heavy (non-hydrogen) atoms. The van der Waals surface area contributed by atoms with Crippen LogP contribution in [0.25, 0.3) is 0 Å². The maximum atomic E-state index is 12.4. The Hall–Kier alpha value is -2.24. The molecule has 2 aliphatic carbocycles. The van der Waals surface area contributed by atoms with Gasteiger partial charge in [0.05, 0.1) is 14.2 Å². The Morgan fingerprint density at radius 3 is 2.62 bits per heavy atom. The molecule has 0 aromatic heterocycles. The van der Waals surface area contributed by atoms with Gasteiger partial charge in [0, 0.05) is 17.4 Å². The number of hydrogen-bond acceptors (Lipinski definition) is 4. The Bertz CT molecular complexity index is 640. The van der Waals surface area contributed by atoms with Crippen molar-refractivity contribution in [3.8, 4) is 11.5 Å². The summed E-state index contributed by atoms with van der Waals surface area (Å²) in [4.78, 5) is 23.7. The molecule has 1 aromatic rings. The van der Waals surface area contributed by atoms with Crippen LogP contribution in [0.4, 0.5) is 0 Å². The van der Waals surface area contributed by atoms with Crippen molar-refractivity contribution in [3.05, 3.63) is 23.8 Å². The van der Waals surface area contributed by atoms with Crippen LogP contribution in [0.3, 0.4) is 0 Å². The molecule has 2 saturated carbocycles. The van der Waals surface area contributed by atoms with Crippen molar-refractivity contribution in [2.24, 2.45) is 11.8 Å².